The molecule has 0 aliphatic carbocycles. The summed E-state index contributed by atoms with van der Waals surface area (Å²) in [6.45, 7) is 6.55. The van der Waals surface area contributed by atoms with Gasteiger partial charge in [0.15, 0.2) is 0 Å². The van der Waals surface area contributed by atoms with Gasteiger partial charge in [-0.1, -0.05) is 26.8 Å². The Balaban J connectivity index is 2.88. The second-order valence-electron chi connectivity index (χ2n) is 3.52. The first kappa shape index (κ1) is 9.04. The number of nitrogens with zero attached hydrogens (tertiary/aromatic N) is 1. The van der Waals surface area contributed by atoms with Crippen LogP contribution in [0.2, 0.25) is 0 Å². The van der Waals surface area contributed by atoms with Crippen LogP contribution in [0, 0.1) is 5.92 Å². The van der Waals surface area contributed by atoms with Gasteiger partial charge in [-0.15, -0.1) is 0 Å². The number of anilines is 1. The predicted molar refractivity (Wildman–Crippen MR) is 51.9 cm³/mol. The van der Waals surface area contributed by atoms with E-state index in [1.807, 2.05) is 18.2 Å². The van der Waals surface area contributed by atoms with Gasteiger partial charge in [0, 0.05) is 11.6 Å². The van der Waals surface area contributed by atoms with Crippen LogP contribution in [0.4, 0.5) is 5.82 Å². The molecule has 2 heteroatoms. The third-order valence-corrected chi connectivity index (χ3v) is 2.26. The van der Waals surface area contributed by atoms with Crippen molar-refractivity contribution < 1.29 is 0 Å². The van der Waals surface area contributed by atoms with Gasteiger partial charge in [-0.25, -0.2) is 4.98 Å². The van der Waals surface area contributed by atoms with Crippen molar-refractivity contribution in [3.8, 4) is 0 Å². The fourth-order valence-electron chi connectivity index (χ4n) is 1.06. The van der Waals surface area contributed by atoms with E-state index in [1.54, 1.807) is 0 Å². The van der Waals surface area contributed by atoms with Crippen LogP contribution in [-0.4, -0.2) is 4.98 Å². The first-order valence-electron chi connectivity index (χ1n) is 4.33. The van der Waals surface area contributed by atoms with E-state index in [2.05, 4.69) is 25.8 Å². The maximum Gasteiger partial charge on any atom is 0.123 e. The SMILES string of the molecule is CC(C)[C@@H](C)c1cccc(N)n1. The number of nitrogen functional groups attached to an aromatic ring is 1. The summed E-state index contributed by atoms with van der Waals surface area (Å²) in [5.74, 6) is 1.70. The largest absolute Gasteiger partial charge is 0.384 e. The van der Waals surface area contributed by atoms with Crippen molar-refractivity contribution in [1.82, 2.24) is 4.98 Å². The van der Waals surface area contributed by atoms with Crippen molar-refractivity contribution in [1.29, 1.82) is 0 Å². The molecular formula is C10H16N2. The fourth-order valence-corrected chi connectivity index (χ4v) is 1.06. The van der Waals surface area contributed by atoms with Crippen LogP contribution in [0.1, 0.15) is 32.4 Å². The molecule has 1 heterocycles. The highest BCUT2D eigenvalue weighted by molar-refractivity contribution is 5.29. The van der Waals surface area contributed by atoms with E-state index in [-0.39, 0.29) is 0 Å². The summed E-state index contributed by atoms with van der Waals surface area (Å²) in [6.07, 6.45) is 0. The van der Waals surface area contributed by atoms with E-state index in [1.165, 1.54) is 0 Å². The van der Waals surface area contributed by atoms with E-state index in [0.717, 1.165) is 5.69 Å². The minimum atomic E-state index is 0.480. The third kappa shape index (κ3) is 1.97. The number of hydrogen-bond donors (Lipinski definition) is 1. The molecule has 0 saturated heterocycles. The molecule has 0 unspecified atom stereocenters. The number of hydrogen-bond acceptors (Lipinski definition) is 2. The van der Waals surface area contributed by atoms with E-state index < -0.39 is 0 Å². The summed E-state index contributed by atoms with van der Waals surface area (Å²) < 4.78 is 0. The number of pyridine rings is 1. The van der Waals surface area contributed by atoms with E-state index >= 15 is 0 Å². The van der Waals surface area contributed by atoms with Gasteiger partial charge in [0.25, 0.3) is 0 Å². The molecular weight excluding hydrogens is 148 g/mol. The van der Waals surface area contributed by atoms with Crippen LogP contribution in [0.5, 0.6) is 0 Å². The average molecular weight is 164 g/mol. The molecule has 1 rings (SSSR count). The zero-order valence-electron chi connectivity index (χ0n) is 7.91. The van der Waals surface area contributed by atoms with Crippen LogP contribution >= 0.6 is 0 Å². The second-order valence-corrected chi connectivity index (χ2v) is 3.52. The maximum absolute atomic E-state index is 5.59. The third-order valence-electron chi connectivity index (χ3n) is 2.26. The van der Waals surface area contributed by atoms with Gasteiger partial charge in [-0.05, 0) is 18.1 Å². The molecule has 0 saturated carbocycles. The van der Waals surface area contributed by atoms with Gasteiger partial charge in [-0.3, -0.25) is 0 Å². The lowest BCUT2D eigenvalue weighted by atomic mass is 9.94. The summed E-state index contributed by atoms with van der Waals surface area (Å²) in [7, 11) is 0. The molecule has 0 amide bonds. The zero-order chi connectivity index (χ0) is 9.14. The normalized spacial score (nSPS) is 13.3. The van der Waals surface area contributed by atoms with Gasteiger partial charge in [-0.2, -0.15) is 0 Å². The Hall–Kier alpha value is -1.05. The van der Waals surface area contributed by atoms with Crippen LogP contribution in [0.3, 0.4) is 0 Å². The summed E-state index contributed by atoms with van der Waals surface area (Å²) in [4.78, 5) is 4.27. The van der Waals surface area contributed by atoms with Crippen LogP contribution < -0.4 is 5.73 Å². The summed E-state index contributed by atoms with van der Waals surface area (Å²) in [5.41, 5.74) is 6.67. The number of nitrogens with two attached hydrogens (primary N) is 1. The quantitative estimate of drug-likeness (QED) is 0.729. The topological polar surface area (TPSA) is 38.9 Å². The van der Waals surface area contributed by atoms with Crippen LogP contribution in [0.25, 0.3) is 0 Å². The Kier molecular flexibility index (Phi) is 2.69. The number of aromatic nitrogens is 1. The lowest BCUT2D eigenvalue weighted by Gasteiger charge is -2.14. The Labute approximate surface area is 73.8 Å². The lowest BCUT2D eigenvalue weighted by Crippen LogP contribution is -2.05. The minimum Gasteiger partial charge on any atom is -0.384 e. The van der Waals surface area contributed by atoms with Crippen molar-refractivity contribution in [3.63, 3.8) is 0 Å². The highest BCUT2D eigenvalue weighted by Gasteiger charge is 2.10. The molecule has 0 spiro atoms. The summed E-state index contributed by atoms with van der Waals surface area (Å²) in [5, 5.41) is 0. The molecule has 2 nitrogen and oxygen atoms in total. The van der Waals surface area contributed by atoms with Gasteiger partial charge in [0.05, 0.1) is 0 Å². The molecule has 0 aliphatic heterocycles. The summed E-state index contributed by atoms with van der Waals surface area (Å²) >= 11 is 0. The van der Waals surface area contributed by atoms with Crippen molar-refractivity contribution in [2.45, 2.75) is 26.7 Å². The fraction of sp³-hybridized carbons (Fsp3) is 0.500. The van der Waals surface area contributed by atoms with E-state index in [0.29, 0.717) is 17.7 Å². The standard InChI is InChI=1S/C10H16N2/c1-7(2)8(3)9-5-4-6-10(11)12-9/h4-8H,1-3H3,(H2,11,12)/t8-/m1/s1. The Morgan fingerprint density at radius 3 is 2.42 bits per heavy atom. The molecule has 0 aliphatic rings. The maximum atomic E-state index is 5.59. The number of rotatable bonds is 2. The zero-order valence-corrected chi connectivity index (χ0v) is 7.91. The van der Waals surface area contributed by atoms with Crippen LogP contribution in [0.15, 0.2) is 18.2 Å². The first-order valence-corrected chi connectivity index (χ1v) is 4.33. The van der Waals surface area contributed by atoms with Crippen molar-refractivity contribution in [3.05, 3.63) is 23.9 Å². The monoisotopic (exact) mass is 164 g/mol. The van der Waals surface area contributed by atoms with Crippen molar-refractivity contribution >= 4 is 5.82 Å². The second kappa shape index (κ2) is 3.57. The molecule has 0 fully saturated rings. The van der Waals surface area contributed by atoms with E-state index in [9.17, 15) is 0 Å². The van der Waals surface area contributed by atoms with E-state index in [4.69, 9.17) is 5.73 Å². The highest BCUT2D eigenvalue weighted by atomic mass is 14.8. The summed E-state index contributed by atoms with van der Waals surface area (Å²) in [6, 6.07) is 5.80. The Morgan fingerprint density at radius 2 is 1.92 bits per heavy atom. The first-order chi connectivity index (χ1) is 5.61. The molecule has 2 N–H and O–H groups in total. The van der Waals surface area contributed by atoms with Gasteiger partial charge in [0.1, 0.15) is 5.82 Å². The van der Waals surface area contributed by atoms with Crippen LogP contribution in [-0.2, 0) is 0 Å². The molecule has 1 atom stereocenters. The molecule has 1 aromatic rings. The molecule has 12 heavy (non-hydrogen) atoms. The lowest BCUT2D eigenvalue weighted by molar-refractivity contribution is 0.524. The molecule has 66 valence electrons. The average Bonchev–Trinajstić information content (AvgIpc) is 2.03. The van der Waals surface area contributed by atoms with Crippen molar-refractivity contribution in [2.75, 3.05) is 5.73 Å². The van der Waals surface area contributed by atoms with Gasteiger partial charge < -0.3 is 5.73 Å². The Bertz CT molecular complexity index is 256. The molecule has 0 radical (unpaired) electrons. The smallest absolute Gasteiger partial charge is 0.123 e. The van der Waals surface area contributed by atoms with Gasteiger partial charge >= 0.3 is 0 Å². The minimum absolute atomic E-state index is 0.480. The van der Waals surface area contributed by atoms with Gasteiger partial charge in [0.2, 0.25) is 0 Å². The molecule has 0 bridgehead atoms. The molecule has 0 aromatic carbocycles. The predicted octanol–water partition coefficient (Wildman–Crippen LogP) is 2.42. The Morgan fingerprint density at radius 1 is 1.25 bits per heavy atom. The highest BCUT2D eigenvalue weighted by Crippen LogP contribution is 2.21. The van der Waals surface area contributed by atoms with Crippen molar-refractivity contribution in [2.24, 2.45) is 5.92 Å². The molecule has 1 aromatic heterocycles.